The zero-order chi connectivity index (χ0) is 12.1. The lowest BCUT2D eigenvalue weighted by Crippen LogP contribution is -2.28. The molecule has 0 aliphatic rings. The van der Waals surface area contributed by atoms with Crippen molar-refractivity contribution in [1.29, 1.82) is 0 Å². The van der Waals surface area contributed by atoms with Crippen molar-refractivity contribution in [3.8, 4) is 0 Å². The van der Waals surface area contributed by atoms with Gasteiger partial charge in [0.05, 0.1) is 0 Å². The van der Waals surface area contributed by atoms with Gasteiger partial charge in [-0.1, -0.05) is 6.07 Å². The lowest BCUT2D eigenvalue weighted by molar-refractivity contribution is 0.383. The molecule has 0 bridgehead atoms. The Labute approximate surface area is 96.7 Å². The molecule has 0 spiro atoms. The van der Waals surface area contributed by atoms with Crippen LogP contribution in [0.15, 0.2) is 16.9 Å². The zero-order valence-corrected chi connectivity index (χ0v) is 10.4. The average molecular weight is 223 g/mol. The molecule has 0 aliphatic carbocycles. The zero-order valence-electron chi connectivity index (χ0n) is 10.4. The Bertz CT molecular complexity index is 396. The molecule has 4 nitrogen and oxygen atoms in total. The maximum absolute atomic E-state index is 12.0. The van der Waals surface area contributed by atoms with Gasteiger partial charge in [0.1, 0.15) is 0 Å². The molecule has 2 N–H and O–H groups in total. The van der Waals surface area contributed by atoms with Gasteiger partial charge in [0.25, 0.3) is 5.56 Å². The van der Waals surface area contributed by atoms with E-state index in [2.05, 4.69) is 4.90 Å². The second-order valence-electron chi connectivity index (χ2n) is 4.32. The molecular weight excluding hydrogens is 202 g/mol. The predicted octanol–water partition coefficient (Wildman–Crippen LogP) is 0.567. The van der Waals surface area contributed by atoms with Gasteiger partial charge in [-0.2, -0.15) is 0 Å². The standard InChI is InChI=1S/C12H21N3O/c1-10-5-6-11(9-13)12(16)15(10)8-4-7-14(2)3/h5-6H,4,7-9,13H2,1-3H3. The van der Waals surface area contributed by atoms with Crippen LogP contribution >= 0.6 is 0 Å². The van der Waals surface area contributed by atoms with Crippen molar-refractivity contribution in [2.45, 2.75) is 26.4 Å². The summed E-state index contributed by atoms with van der Waals surface area (Å²) in [7, 11) is 4.07. The van der Waals surface area contributed by atoms with Gasteiger partial charge in [-0.05, 0) is 40.1 Å². The summed E-state index contributed by atoms with van der Waals surface area (Å²) in [4.78, 5) is 14.1. The molecule has 0 fully saturated rings. The van der Waals surface area contributed by atoms with Crippen LogP contribution in [0.1, 0.15) is 17.7 Å². The molecule has 0 unspecified atom stereocenters. The number of rotatable bonds is 5. The highest BCUT2D eigenvalue weighted by Crippen LogP contribution is 1.99. The molecule has 0 radical (unpaired) electrons. The normalized spacial score (nSPS) is 11.1. The van der Waals surface area contributed by atoms with Gasteiger partial charge in [-0.15, -0.1) is 0 Å². The summed E-state index contributed by atoms with van der Waals surface area (Å²) >= 11 is 0. The number of hydrogen-bond acceptors (Lipinski definition) is 3. The van der Waals surface area contributed by atoms with Crippen molar-refractivity contribution < 1.29 is 0 Å². The Kier molecular flexibility index (Phi) is 4.71. The van der Waals surface area contributed by atoms with E-state index in [-0.39, 0.29) is 5.56 Å². The first-order chi connectivity index (χ1) is 7.56. The molecule has 1 rings (SSSR count). The highest BCUT2D eigenvalue weighted by molar-refractivity contribution is 5.15. The summed E-state index contributed by atoms with van der Waals surface area (Å²) in [5, 5.41) is 0. The van der Waals surface area contributed by atoms with E-state index in [4.69, 9.17) is 5.73 Å². The second-order valence-corrected chi connectivity index (χ2v) is 4.32. The third kappa shape index (κ3) is 3.18. The molecule has 0 saturated heterocycles. The number of nitrogens with zero attached hydrogens (tertiary/aromatic N) is 2. The Hall–Kier alpha value is -1.13. The quantitative estimate of drug-likeness (QED) is 0.794. The summed E-state index contributed by atoms with van der Waals surface area (Å²) in [5.41, 5.74) is 7.27. The van der Waals surface area contributed by atoms with E-state index in [1.54, 1.807) is 0 Å². The number of aromatic nitrogens is 1. The number of aryl methyl sites for hydroxylation is 1. The molecule has 1 aromatic rings. The Balaban J connectivity index is 2.82. The molecule has 0 aromatic carbocycles. The predicted molar refractivity (Wildman–Crippen MR) is 66.5 cm³/mol. The molecule has 0 amide bonds. The van der Waals surface area contributed by atoms with E-state index in [0.717, 1.165) is 25.2 Å². The van der Waals surface area contributed by atoms with Gasteiger partial charge in [0, 0.05) is 24.3 Å². The second kappa shape index (κ2) is 5.82. The van der Waals surface area contributed by atoms with E-state index in [1.807, 2.05) is 37.7 Å². The van der Waals surface area contributed by atoms with Crippen molar-refractivity contribution in [2.75, 3.05) is 20.6 Å². The topological polar surface area (TPSA) is 51.3 Å². The van der Waals surface area contributed by atoms with E-state index in [0.29, 0.717) is 12.1 Å². The van der Waals surface area contributed by atoms with Crippen molar-refractivity contribution in [2.24, 2.45) is 5.73 Å². The molecular formula is C12H21N3O. The van der Waals surface area contributed by atoms with Crippen LogP contribution in [0.4, 0.5) is 0 Å². The molecule has 90 valence electrons. The van der Waals surface area contributed by atoms with Crippen LogP contribution in [0.3, 0.4) is 0 Å². The molecule has 0 saturated carbocycles. The van der Waals surface area contributed by atoms with Crippen LogP contribution < -0.4 is 11.3 Å². The molecule has 4 heteroatoms. The van der Waals surface area contributed by atoms with E-state index >= 15 is 0 Å². The van der Waals surface area contributed by atoms with Gasteiger partial charge >= 0.3 is 0 Å². The lowest BCUT2D eigenvalue weighted by atomic mass is 10.2. The van der Waals surface area contributed by atoms with Crippen LogP contribution in [-0.2, 0) is 13.1 Å². The molecule has 1 aromatic heterocycles. The van der Waals surface area contributed by atoms with E-state index < -0.39 is 0 Å². The van der Waals surface area contributed by atoms with Gasteiger partial charge in [-0.25, -0.2) is 0 Å². The minimum absolute atomic E-state index is 0.0567. The van der Waals surface area contributed by atoms with Crippen LogP contribution in [0.2, 0.25) is 0 Å². The van der Waals surface area contributed by atoms with Crippen LogP contribution in [0, 0.1) is 6.92 Å². The fraction of sp³-hybridized carbons (Fsp3) is 0.583. The summed E-state index contributed by atoms with van der Waals surface area (Å²) in [6.07, 6.45) is 0.974. The Morgan fingerprint density at radius 3 is 2.62 bits per heavy atom. The Morgan fingerprint density at radius 1 is 1.38 bits per heavy atom. The third-order valence-electron chi connectivity index (χ3n) is 2.68. The SMILES string of the molecule is Cc1ccc(CN)c(=O)n1CCCN(C)C. The van der Waals surface area contributed by atoms with Gasteiger partial charge in [0.2, 0.25) is 0 Å². The maximum atomic E-state index is 12.0. The van der Waals surface area contributed by atoms with E-state index in [1.165, 1.54) is 0 Å². The number of nitrogens with two attached hydrogens (primary N) is 1. The van der Waals surface area contributed by atoms with Gasteiger partial charge in [0.15, 0.2) is 0 Å². The fourth-order valence-corrected chi connectivity index (χ4v) is 1.69. The monoisotopic (exact) mass is 223 g/mol. The minimum Gasteiger partial charge on any atom is -0.326 e. The van der Waals surface area contributed by atoms with Gasteiger partial charge in [-0.3, -0.25) is 4.79 Å². The Morgan fingerprint density at radius 2 is 2.06 bits per heavy atom. The summed E-state index contributed by atoms with van der Waals surface area (Å²) in [5.74, 6) is 0. The first-order valence-corrected chi connectivity index (χ1v) is 5.60. The van der Waals surface area contributed by atoms with Crippen molar-refractivity contribution >= 4 is 0 Å². The van der Waals surface area contributed by atoms with Crippen LogP contribution in [-0.4, -0.2) is 30.1 Å². The molecule has 16 heavy (non-hydrogen) atoms. The van der Waals surface area contributed by atoms with Crippen LogP contribution in [0.25, 0.3) is 0 Å². The van der Waals surface area contributed by atoms with E-state index in [9.17, 15) is 4.79 Å². The molecule has 1 heterocycles. The first-order valence-electron chi connectivity index (χ1n) is 5.60. The average Bonchev–Trinajstić information content (AvgIpc) is 2.23. The smallest absolute Gasteiger partial charge is 0.255 e. The fourth-order valence-electron chi connectivity index (χ4n) is 1.69. The molecule has 0 atom stereocenters. The highest BCUT2D eigenvalue weighted by Gasteiger charge is 2.04. The first kappa shape index (κ1) is 12.9. The van der Waals surface area contributed by atoms with Crippen molar-refractivity contribution in [3.63, 3.8) is 0 Å². The van der Waals surface area contributed by atoms with Gasteiger partial charge < -0.3 is 15.2 Å². The highest BCUT2D eigenvalue weighted by atomic mass is 16.1. The summed E-state index contributed by atoms with van der Waals surface area (Å²) in [6, 6.07) is 3.78. The maximum Gasteiger partial charge on any atom is 0.255 e. The van der Waals surface area contributed by atoms with Crippen LogP contribution in [0.5, 0.6) is 0 Å². The number of pyridine rings is 1. The summed E-state index contributed by atoms with van der Waals surface area (Å²) < 4.78 is 1.81. The largest absolute Gasteiger partial charge is 0.326 e. The third-order valence-corrected chi connectivity index (χ3v) is 2.68. The summed E-state index contributed by atoms with van der Waals surface area (Å²) in [6.45, 7) is 4.01. The lowest BCUT2D eigenvalue weighted by Gasteiger charge is -2.13. The van der Waals surface area contributed by atoms with Crippen molar-refractivity contribution in [1.82, 2.24) is 9.47 Å². The van der Waals surface area contributed by atoms with Crippen molar-refractivity contribution in [3.05, 3.63) is 33.7 Å². The molecule has 0 aliphatic heterocycles. The number of hydrogen-bond donors (Lipinski definition) is 1. The minimum atomic E-state index is 0.0567.